The van der Waals surface area contributed by atoms with Gasteiger partial charge in [-0.15, -0.1) is 0 Å². The number of amides is 1. The average molecular weight is 300 g/mol. The minimum absolute atomic E-state index is 0.0360. The van der Waals surface area contributed by atoms with Crippen LogP contribution in [0.4, 0.5) is 13.2 Å². The van der Waals surface area contributed by atoms with Gasteiger partial charge in [0.15, 0.2) is 0 Å². The second-order valence-electron chi connectivity index (χ2n) is 5.60. The number of nitrogens with one attached hydrogen (secondary N) is 1. The van der Waals surface area contributed by atoms with E-state index in [9.17, 15) is 18.0 Å². The lowest BCUT2D eigenvalue weighted by molar-refractivity contribution is -0.139. The molecular weight excluding hydrogens is 281 g/mol. The summed E-state index contributed by atoms with van der Waals surface area (Å²) in [5, 5.41) is 3.29. The molecule has 2 rings (SSSR count). The van der Waals surface area contributed by atoms with Crippen LogP contribution in [0.5, 0.6) is 0 Å². The minimum atomic E-state index is -4.43. The van der Waals surface area contributed by atoms with Crippen molar-refractivity contribution in [2.24, 2.45) is 0 Å². The molecule has 0 aliphatic carbocycles. The topological polar surface area (TPSA) is 32.3 Å². The third-order valence-electron chi connectivity index (χ3n) is 3.57. The van der Waals surface area contributed by atoms with Crippen molar-refractivity contribution in [3.8, 4) is 0 Å². The van der Waals surface area contributed by atoms with Crippen LogP contribution in [0.2, 0.25) is 0 Å². The molecule has 2 atom stereocenters. The second kappa shape index (κ2) is 6.05. The fraction of sp³-hybridized carbons (Fsp3) is 0.533. The smallest absolute Gasteiger partial charge is 0.339 e. The standard InChI is InChI=1S/C15H19F3N2O/c1-10-8-20(9-11(2)19-10)14(21)7-12-5-3-4-6-13(12)15(16,17)18/h3-6,10-11,19H,7-9H2,1-2H3/t10-,11+. The highest BCUT2D eigenvalue weighted by Gasteiger charge is 2.34. The zero-order chi connectivity index (χ0) is 15.6. The fourth-order valence-corrected chi connectivity index (χ4v) is 2.76. The summed E-state index contributed by atoms with van der Waals surface area (Å²) in [6, 6.07) is 5.56. The molecule has 1 saturated heterocycles. The summed E-state index contributed by atoms with van der Waals surface area (Å²) < 4.78 is 38.8. The number of piperazine rings is 1. The van der Waals surface area contributed by atoms with E-state index in [1.54, 1.807) is 4.90 Å². The van der Waals surface area contributed by atoms with Crippen LogP contribution in [0.15, 0.2) is 24.3 Å². The minimum Gasteiger partial charge on any atom is -0.339 e. The quantitative estimate of drug-likeness (QED) is 0.910. The first-order valence-electron chi connectivity index (χ1n) is 6.96. The number of hydrogen-bond acceptors (Lipinski definition) is 2. The van der Waals surface area contributed by atoms with Crippen LogP contribution in [0.1, 0.15) is 25.0 Å². The van der Waals surface area contributed by atoms with E-state index in [4.69, 9.17) is 0 Å². The number of benzene rings is 1. The number of nitrogens with zero attached hydrogens (tertiary/aromatic N) is 1. The SMILES string of the molecule is C[C@@H]1CN(C(=O)Cc2ccccc2C(F)(F)F)C[C@H](C)N1. The zero-order valence-electron chi connectivity index (χ0n) is 12.1. The number of hydrogen-bond donors (Lipinski definition) is 1. The molecule has 1 N–H and O–H groups in total. The Labute approximate surface area is 122 Å². The van der Waals surface area contributed by atoms with Gasteiger partial charge >= 0.3 is 6.18 Å². The van der Waals surface area contributed by atoms with Crippen molar-refractivity contribution in [3.05, 3.63) is 35.4 Å². The summed E-state index contributed by atoms with van der Waals surface area (Å²) in [7, 11) is 0. The van der Waals surface area contributed by atoms with Crippen LogP contribution >= 0.6 is 0 Å². The molecule has 1 heterocycles. The average Bonchev–Trinajstić information content (AvgIpc) is 2.37. The van der Waals surface area contributed by atoms with Crippen molar-refractivity contribution in [1.82, 2.24) is 10.2 Å². The van der Waals surface area contributed by atoms with Gasteiger partial charge in [-0.25, -0.2) is 0 Å². The third kappa shape index (κ3) is 3.97. The maximum atomic E-state index is 12.9. The zero-order valence-corrected chi connectivity index (χ0v) is 12.1. The van der Waals surface area contributed by atoms with Crippen LogP contribution < -0.4 is 5.32 Å². The molecule has 116 valence electrons. The monoisotopic (exact) mass is 300 g/mol. The molecule has 1 aliphatic heterocycles. The molecule has 6 heteroatoms. The van der Waals surface area contributed by atoms with Crippen molar-refractivity contribution >= 4 is 5.91 Å². The normalized spacial score (nSPS) is 23.2. The largest absolute Gasteiger partial charge is 0.416 e. The van der Waals surface area contributed by atoms with Gasteiger partial charge in [0.25, 0.3) is 0 Å². The molecule has 0 aromatic heterocycles. The Balaban J connectivity index is 2.13. The molecule has 0 spiro atoms. The predicted molar refractivity (Wildman–Crippen MR) is 73.8 cm³/mol. The first kappa shape index (κ1) is 15.8. The maximum Gasteiger partial charge on any atom is 0.416 e. The molecule has 0 unspecified atom stereocenters. The molecule has 1 amide bonds. The van der Waals surface area contributed by atoms with Gasteiger partial charge in [-0.2, -0.15) is 13.2 Å². The van der Waals surface area contributed by atoms with E-state index >= 15 is 0 Å². The van der Waals surface area contributed by atoms with E-state index in [1.165, 1.54) is 18.2 Å². The molecule has 1 aliphatic rings. The van der Waals surface area contributed by atoms with E-state index in [2.05, 4.69) is 5.32 Å². The van der Waals surface area contributed by atoms with Crippen molar-refractivity contribution in [2.45, 2.75) is 38.5 Å². The Kier molecular flexibility index (Phi) is 4.56. The Hall–Kier alpha value is -1.56. The first-order chi connectivity index (χ1) is 9.77. The van der Waals surface area contributed by atoms with Gasteiger partial charge in [-0.05, 0) is 25.5 Å². The maximum absolute atomic E-state index is 12.9. The predicted octanol–water partition coefficient (Wildman–Crippen LogP) is 2.46. The van der Waals surface area contributed by atoms with E-state index < -0.39 is 11.7 Å². The van der Waals surface area contributed by atoms with Gasteiger partial charge in [0.05, 0.1) is 12.0 Å². The Bertz CT molecular complexity index is 506. The second-order valence-corrected chi connectivity index (χ2v) is 5.60. The highest BCUT2D eigenvalue weighted by molar-refractivity contribution is 5.79. The number of carbonyl (C=O) groups excluding carboxylic acids is 1. The summed E-state index contributed by atoms with van der Waals surface area (Å²) >= 11 is 0. The van der Waals surface area contributed by atoms with Gasteiger partial charge < -0.3 is 10.2 Å². The highest BCUT2D eigenvalue weighted by atomic mass is 19.4. The summed E-state index contributed by atoms with van der Waals surface area (Å²) in [5.41, 5.74) is -0.691. The molecule has 0 saturated carbocycles. The van der Waals surface area contributed by atoms with Crippen LogP contribution in [0, 0.1) is 0 Å². The molecule has 1 aromatic rings. The Morgan fingerprint density at radius 2 is 1.81 bits per heavy atom. The number of halogens is 3. The van der Waals surface area contributed by atoms with E-state index in [0.29, 0.717) is 13.1 Å². The fourth-order valence-electron chi connectivity index (χ4n) is 2.76. The van der Waals surface area contributed by atoms with Crippen LogP contribution in [-0.2, 0) is 17.4 Å². The molecule has 3 nitrogen and oxygen atoms in total. The highest BCUT2D eigenvalue weighted by Crippen LogP contribution is 2.32. The summed E-state index contributed by atoms with van der Waals surface area (Å²) in [6.07, 6.45) is -4.64. The van der Waals surface area contributed by atoms with Crippen LogP contribution in [-0.4, -0.2) is 36.0 Å². The third-order valence-corrected chi connectivity index (χ3v) is 3.57. The van der Waals surface area contributed by atoms with Crippen molar-refractivity contribution in [1.29, 1.82) is 0 Å². The van der Waals surface area contributed by atoms with Gasteiger partial charge in [0.1, 0.15) is 0 Å². The van der Waals surface area contributed by atoms with E-state index in [-0.39, 0.29) is 30.0 Å². The lowest BCUT2D eigenvalue weighted by Gasteiger charge is -2.36. The van der Waals surface area contributed by atoms with Gasteiger partial charge in [-0.3, -0.25) is 4.79 Å². The summed E-state index contributed by atoms with van der Waals surface area (Å²) in [4.78, 5) is 13.9. The van der Waals surface area contributed by atoms with Gasteiger partial charge in [-0.1, -0.05) is 18.2 Å². The summed E-state index contributed by atoms with van der Waals surface area (Å²) in [5.74, 6) is -0.258. The number of rotatable bonds is 2. The molecule has 1 aromatic carbocycles. The van der Waals surface area contributed by atoms with Crippen molar-refractivity contribution in [2.75, 3.05) is 13.1 Å². The molecule has 0 bridgehead atoms. The molecule has 0 radical (unpaired) electrons. The van der Waals surface area contributed by atoms with Crippen LogP contribution in [0.3, 0.4) is 0 Å². The van der Waals surface area contributed by atoms with E-state index in [0.717, 1.165) is 6.07 Å². The Morgan fingerprint density at radius 3 is 2.38 bits per heavy atom. The van der Waals surface area contributed by atoms with Crippen molar-refractivity contribution in [3.63, 3.8) is 0 Å². The molecule has 21 heavy (non-hydrogen) atoms. The van der Waals surface area contributed by atoms with Gasteiger partial charge in [0.2, 0.25) is 5.91 Å². The van der Waals surface area contributed by atoms with Gasteiger partial charge in [0, 0.05) is 25.2 Å². The summed E-state index contributed by atoms with van der Waals surface area (Å²) in [6.45, 7) is 4.97. The lowest BCUT2D eigenvalue weighted by atomic mass is 10.0. The first-order valence-corrected chi connectivity index (χ1v) is 6.96. The number of alkyl halides is 3. The van der Waals surface area contributed by atoms with Crippen molar-refractivity contribution < 1.29 is 18.0 Å². The van der Waals surface area contributed by atoms with Crippen LogP contribution in [0.25, 0.3) is 0 Å². The molecule has 1 fully saturated rings. The van der Waals surface area contributed by atoms with E-state index in [1.807, 2.05) is 13.8 Å². The Morgan fingerprint density at radius 1 is 1.24 bits per heavy atom. The number of carbonyl (C=O) groups is 1. The molecular formula is C15H19F3N2O. The lowest BCUT2D eigenvalue weighted by Crippen LogP contribution is -2.56.